The number of piperidine rings is 1. The molecular formula is C20H26N4O2. The van der Waals surface area contributed by atoms with Gasteiger partial charge in [0.2, 0.25) is 0 Å². The molecule has 6 nitrogen and oxygen atoms in total. The third-order valence-corrected chi connectivity index (χ3v) is 5.49. The minimum absolute atomic E-state index is 0.188. The van der Waals surface area contributed by atoms with Crippen LogP contribution in [0.2, 0.25) is 0 Å². The number of nitrogens with zero attached hydrogens (tertiary/aromatic N) is 4. The minimum Gasteiger partial charge on any atom is -0.368 e. The average molecular weight is 354 g/mol. The van der Waals surface area contributed by atoms with Crippen LogP contribution in [0.5, 0.6) is 0 Å². The molecule has 1 aromatic carbocycles. The second-order valence-corrected chi connectivity index (χ2v) is 7.34. The molecule has 1 amide bonds. The molecule has 1 aromatic heterocycles. The number of benzene rings is 1. The van der Waals surface area contributed by atoms with Gasteiger partial charge < -0.3 is 14.2 Å². The molecule has 2 aromatic rings. The van der Waals surface area contributed by atoms with Crippen molar-refractivity contribution in [3.8, 4) is 0 Å². The Balaban J connectivity index is 1.31. The number of amides is 1. The summed E-state index contributed by atoms with van der Waals surface area (Å²) in [5, 5.41) is 8.45. The zero-order valence-electron chi connectivity index (χ0n) is 15.1. The molecule has 0 spiro atoms. The number of ether oxygens (including phenoxy) is 1. The minimum atomic E-state index is -0.194. The zero-order valence-corrected chi connectivity index (χ0v) is 15.1. The van der Waals surface area contributed by atoms with Crippen molar-refractivity contribution in [3.05, 3.63) is 48.0 Å². The first-order valence-corrected chi connectivity index (χ1v) is 9.60. The molecule has 1 unspecified atom stereocenters. The van der Waals surface area contributed by atoms with Crippen LogP contribution < -0.4 is 0 Å². The van der Waals surface area contributed by atoms with Crippen molar-refractivity contribution in [3.63, 3.8) is 0 Å². The fourth-order valence-corrected chi connectivity index (χ4v) is 3.94. The molecule has 2 aliphatic heterocycles. The first-order chi connectivity index (χ1) is 12.8. The number of rotatable bonds is 5. The molecule has 1 atom stereocenters. The van der Waals surface area contributed by atoms with Crippen molar-refractivity contribution >= 4 is 5.91 Å². The van der Waals surface area contributed by atoms with E-state index in [-0.39, 0.29) is 12.0 Å². The first-order valence-electron chi connectivity index (χ1n) is 9.60. The highest BCUT2D eigenvalue weighted by Crippen LogP contribution is 2.23. The van der Waals surface area contributed by atoms with E-state index in [0.717, 1.165) is 64.2 Å². The number of hydrogen-bond acceptors (Lipinski definition) is 4. The van der Waals surface area contributed by atoms with E-state index in [1.54, 1.807) is 0 Å². The van der Waals surface area contributed by atoms with Crippen LogP contribution in [0.3, 0.4) is 0 Å². The molecule has 0 radical (unpaired) electrons. The van der Waals surface area contributed by atoms with Crippen molar-refractivity contribution in [1.29, 1.82) is 0 Å². The summed E-state index contributed by atoms with van der Waals surface area (Å²) in [5.74, 6) is 1.79. The van der Waals surface area contributed by atoms with Crippen molar-refractivity contribution < 1.29 is 9.53 Å². The van der Waals surface area contributed by atoms with Gasteiger partial charge in [-0.2, -0.15) is 0 Å². The van der Waals surface area contributed by atoms with Crippen molar-refractivity contribution in [2.45, 2.75) is 44.8 Å². The maximum atomic E-state index is 12.5. The molecule has 2 saturated heterocycles. The van der Waals surface area contributed by atoms with Gasteiger partial charge in [-0.1, -0.05) is 30.3 Å². The van der Waals surface area contributed by atoms with E-state index in [4.69, 9.17) is 4.74 Å². The zero-order chi connectivity index (χ0) is 17.8. The Bertz CT molecular complexity index is 716. The van der Waals surface area contributed by atoms with E-state index in [1.807, 2.05) is 17.3 Å². The number of carbonyl (C=O) groups is 1. The highest BCUT2D eigenvalue weighted by molar-refractivity contribution is 5.81. The van der Waals surface area contributed by atoms with E-state index in [9.17, 15) is 4.79 Å². The molecule has 0 N–H and O–H groups in total. The van der Waals surface area contributed by atoms with Crippen LogP contribution in [-0.2, 0) is 22.5 Å². The van der Waals surface area contributed by atoms with Gasteiger partial charge in [-0.05, 0) is 37.2 Å². The van der Waals surface area contributed by atoms with Gasteiger partial charge in [0.25, 0.3) is 5.91 Å². The average Bonchev–Trinajstić information content (AvgIpc) is 3.35. The van der Waals surface area contributed by atoms with Gasteiger partial charge in [-0.25, -0.2) is 0 Å². The number of aromatic nitrogens is 3. The van der Waals surface area contributed by atoms with Crippen molar-refractivity contribution in [2.24, 2.45) is 5.92 Å². The lowest BCUT2D eigenvalue weighted by molar-refractivity contribution is -0.142. The Hall–Kier alpha value is -2.21. The van der Waals surface area contributed by atoms with Gasteiger partial charge in [0, 0.05) is 26.1 Å². The molecule has 2 aliphatic rings. The molecule has 3 heterocycles. The lowest BCUT2D eigenvalue weighted by Gasteiger charge is -2.33. The predicted molar refractivity (Wildman–Crippen MR) is 97.5 cm³/mol. The summed E-state index contributed by atoms with van der Waals surface area (Å²) in [6.07, 6.45) is 6.48. The van der Waals surface area contributed by atoms with Gasteiger partial charge in [-0.15, -0.1) is 10.2 Å². The molecule has 6 heteroatoms. The molecular weight excluding hydrogens is 328 g/mol. The van der Waals surface area contributed by atoms with Crippen molar-refractivity contribution in [2.75, 3.05) is 19.7 Å². The molecule has 0 saturated carbocycles. The number of hydrogen-bond donors (Lipinski definition) is 0. The molecule has 2 fully saturated rings. The molecule has 0 bridgehead atoms. The molecule has 0 aliphatic carbocycles. The normalized spacial score (nSPS) is 21.2. The third kappa shape index (κ3) is 3.96. The SMILES string of the molecule is O=C(C1CCCO1)N1CCC(Cc2nncn2Cc2ccccc2)CC1. The summed E-state index contributed by atoms with van der Waals surface area (Å²) in [6, 6.07) is 10.4. The van der Waals surface area contributed by atoms with E-state index in [1.165, 1.54) is 5.56 Å². The first kappa shape index (κ1) is 17.2. The molecule has 4 rings (SSSR count). The van der Waals surface area contributed by atoms with Crippen LogP contribution in [0, 0.1) is 5.92 Å². The van der Waals surface area contributed by atoms with Crippen LogP contribution >= 0.6 is 0 Å². The van der Waals surface area contributed by atoms with Crippen LogP contribution in [0.1, 0.15) is 37.1 Å². The topological polar surface area (TPSA) is 60.2 Å². The highest BCUT2D eigenvalue weighted by Gasteiger charge is 2.31. The van der Waals surface area contributed by atoms with Crippen molar-refractivity contribution in [1.82, 2.24) is 19.7 Å². The summed E-state index contributed by atoms with van der Waals surface area (Å²) in [5.41, 5.74) is 1.26. The lowest BCUT2D eigenvalue weighted by Crippen LogP contribution is -2.44. The highest BCUT2D eigenvalue weighted by atomic mass is 16.5. The van der Waals surface area contributed by atoms with E-state index in [0.29, 0.717) is 5.92 Å². The fraction of sp³-hybridized carbons (Fsp3) is 0.550. The Kier molecular flexibility index (Phi) is 5.29. The molecule has 138 valence electrons. The second-order valence-electron chi connectivity index (χ2n) is 7.34. The predicted octanol–water partition coefficient (Wildman–Crippen LogP) is 2.29. The summed E-state index contributed by atoms with van der Waals surface area (Å²) >= 11 is 0. The third-order valence-electron chi connectivity index (χ3n) is 5.49. The Morgan fingerprint density at radius 3 is 2.69 bits per heavy atom. The quantitative estimate of drug-likeness (QED) is 0.827. The largest absolute Gasteiger partial charge is 0.368 e. The van der Waals surface area contributed by atoms with E-state index in [2.05, 4.69) is 39.0 Å². The van der Waals surface area contributed by atoms with Gasteiger partial charge in [0.1, 0.15) is 18.3 Å². The number of carbonyl (C=O) groups excluding carboxylic acids is 1. The summed E-state index contributed by atoms with van der Waals surface area (Å²) in [6.45, 7) is 3.19. The number of likely N-dealkylation sites (tertiary alicyclic amines) is 1. The van der Waals surface area contributed by atoms with Crippen LogP contribution in [-0.4, -0.2) is 51.4 Å². The Morgan fingerprint density at radius 1 is 1.15 bits per heavy atom. The lowest BCUT2D eigenvalue weighted by atomic mass is 9.93. The maximum absolute atomic E-state index is 12.5. The van der Waals surface area contributed by atoms with Crippen LogP contribution in [0.4, 0.5) is 0 Å². The van der Waals surface area contributed by atoms with Crippen LogP contribution in [0.15, 0.2) is 36.7 Å². The Morgan fingerprint density at radius 2 is 1.96 bits per heavy atom. The fourth-order valence-electron chi connectivity index (χ4n) is 3.94. The maximum Gasteiger partial charge on any atom is 0.251 e. The van der Waals surface area contributed by atoms with E-state index >= 15 is 0 Å². The van der Waals surface area contributed by atoms with Gasteiger partial charge in [0.05, 0.1) is 6.54 Å². The van der Waals surface area contributed by atoms with E-state index < -0.39 is 0 Å². The monoisotopic (exact) mass is 354 g/mol. The smallest absolute Gasteiger partial charge is 0.251 e. The summed E-state index contributed by atoms with van der Waals surface area (Å²) < 4.78 is 7.68. The Labute approximate surface area is 154 Å². The van der Waals surface area contributed by atoms with Gasteiger partial charge >= 0.3 is 0 Å². The second kappa shape index (κ2) is 7.99. The van der Waals surface area contributed by atoms with Crippen LogP contribution in [0.25, 0.3) is 0 Å². The standard InChI is InChI=1S/C20H26N4O2/c25-20(18-7-4-12-26-18)23-10-8-16(9-11-23)13-19-22-21-15-24(19)14-17-5-2-1-3-6-17/h1-3,5-6,15-16,18H,4,7-14H2. The molecule has 26 heavy (non-hydrogen) atoms. The van der Waals surface area contributed by atoms with Gasteiger partial charge in [0.15, 0.2) is 0 Å². The summed E-state index contributed by atoms with van der Waals surface area (Å²) in [4.78, 5) is 14.4. The van der Waals surface area contributed by atoms with Gasteiger partial charge in [-0.3, -0.25) is 4.79 Å². The summed E-state index contributed by atoms with van der Waals surface area (Å²) in [7, 11) is 0.